The molecule has 1 atom stereocenters. The van der Waals surface area contributed by atoms with E-state index in [1.54, 1.807) is 0 Å². The van der Waals surface area contributed by atoms with Crippen LogP contribution in [0.3, 0.4) is 0 Å². The summed E-state index contributed by atoms with van der Waals surface area (Å²) >= 11 is 5.54. The van der Waals surface area contributed by atoms with Crippen molar-refractivity contribution in [1.82, 2.24) is 5.32 Å². The molecule has 16 heavy (non-hydrogen) atoms. The molecule has 0 aromatic heterocycles. The Morgan fingerprint density at radius 3 is 2.62 bits per heavy atom. The smallest absolute Gasteiger partial charge is 0.326 e. The third-order valence-electron chi connectivity index (χ3n) is 2.56. The van der Waals surface area contributed by atoms with Crippen LogP contribution in [0.15, 0.2) is 12.2 Å². The van der Waals surface area contributed by atoms with E-state index < -0.39 is 30.4 Å². The lowest BCUT2D eigenvalue weighted by atomic mass is 9.89. The second-order valence-electron chi connectivity index (χ2n) is 4.02. The number of carbonyl (C=O) groups excluding carboxylic acids is 1. The zero-order valence-corrected chi connectivity index (χ0v) is 9.74. The molecule has 0 amide bonds. The highest BCUT2D eigenvalue weighted by atomic mass is 35.5. The van der Waals surface area contributed by atoms with Crippen LogP contribution in [0.1, 0.15) is 12.8 Å². The van der Waals surface area contributed by atoms with Gasteiger partial charge in [-0.05, 0) is 6.42 Å². The Morgan fingerprint density at radius 2 is 2.25 bits per heavy atom. The van der Waals surface area contributed by atoms with E-state index in [0.717, 1.165) is 0 Å². The van der Waals surface area contributed by atoms with Crippen molar-refractivity contribution in [3.8, 4) is 0 Å². The molecule has 1 aliphatic rings. The highest BCUT2D eigenvalue weighted by Crippen LogP contribution is 2.37. The van der Waals surface area contributed by atoms with Crippen molar-refractivity contribution in [2.24, 2.45) is 0 Å². The predicted octanol–water partition coefficient (Wildman–Crippen LogP) is 1.71. The summed E-state index contributed by atoms with van der Waals surface area (Å²) in [6.07, 6.45) is -0.513. The van der Waals surface area contributed by atoms with Crippen molar-refractivity contribution < 1.29 is 18.3 Å². The van der Waals surface area contributed by atoms with Crippen LogP contribution < -0.4 is 5.32 Å². The lowest BCUT2D eigenvalue weighted by Crippen LogP contribution is -2.48. The second kappa shape index (κ2) is 4.67. The van der Waals surface area contributed by atoms with Crippen LogP contribution in [0.4, 0.5) is 8.78 Å². The molecule has 3 nitrogen and oxygen atoms in total. The Morgan fingerprint density at radius 1 is 1.62 bits per heavy atom. The molecule has 0 radical (unpaired) electrons. The molecule has 1 N–H and O–H groups in total. The molecule has 1 heterocycles. The molecule has 92 valence electrons. The largest absolute Gasteiger partial charge is 0.468 e. The van der Waals surface area contributed by atoms with Crippen LogP contribution in [0, 0.1) is 0 Å². The number of methoxy groups -OCH3 is 1. The average molecular weight is 254 g/mol. The number of alkyl halides is 3. The first-order chi connectivity index (χ1) is 7.35. The number of nitrogens with one attached hydrogen (secondary N) is 1. The zero-order chi connectivity index (χ0) is 12.4. The molecule has 0 saturated carbocycles. The van der Waals surface area contributed by atoms with E-state index in [2.05, 4.69) is 16.6 Å². The normalized spacial score (nSPS) is 27.8. The van der Waals surface area contributed by atoms with E-state index in [-0.39, 0.29) is 12.3 Å². The maximum absolute atomic E-state index is 13.2. The van der Waals surface area contributed by atoms with Gasteiger partial charge < -0.3 is 4.74 Å². The summed E-state index contributed by atoms with van der Waals surface area (Å²) in [4.78, 5) is 11.6. The lowest BCUT2D eigenvalue weighted by Gasteiger charge is -2.26. The van der Waals surface area contributed by atoms with E-state index in [9.17, 15) is 13.6 Å². The summed E-state index contributed by atoms with van der Waals surface area (Å²) in [5, 5.41) is 2.53. The first-order valence-corrected chi connectivity index (χ1v) is 5.32. The molecule has 1 aliphatic heterocycles. The van der Waals surface area contributed by atoms with Gasteiger partial charge in [0.15, 0.2) is 0 Å². The molecular formula is C10H14ClF2NO2. The van der Waals surface area contributed by atoms with Crippen molar-refractivity contribution in [3.63, 3.8) is 0 Å². The van der Waals surface area contributed by atoms with Gasteiger partial charge in [0.2, 0.25) is 0 Å². The molecule has 0 aromatic rings. The molecule has 0 aliphatic carbocycles. The van der Waals surface area contributed by atoms with Gasteiger partial charge in [0, 0.05) is 12.3 Å². The van der Waals surface area contributed by atoms with E-state index in [4.69, 9.17) is 11.6 Å². The van der Waals surface area contributed by atoms with Gasteiger partial charge >= 0.3 is 5.97 Å². The summed E-state index contributed by atoms with van der Waals surface area (Å²) < 4.78 is 30.9. The number of ether oxygens (including phenoxy) is 1. The fourth-order valence-electron chi connectivity index (χ4n) is 1.88. The van der Waals surface area contributed by atoms with Crippen molar-refractivity contribution in [3.05, 3.63) is 12.2 Å². The third kappa shape index (κ3) is 2.71. The minimum absolute atomic E-state index is 0.0682. The van der Waals surface area contributed by atoms with Crippen molar-refractivity contribution in [1.29, 1.82) is 0 Å². The Balaban J connectivity index is 2.87. The van der Waals surface area contributed by atoms with Gasteiger partial charge in [0.05, 0.1) is 13.7 Å². The van der Waals surface area contributed by atoms with Gasteiger partial charge in [-0.1, -0.05) is 12.2 Å². The predicted molar refractivity (Wildman–Crippen MR) is 56.8 cm³/mol. The lowest BCUT2D eigenvalue weighted by molar-refractivity contribution is -0.149. The standard InChI is InChI=1S/C10H14ClF2NO2/c1-7(4-11)3-9(8(15)16-2)5-10(12,13)6-14-9/h14H,1,3-6H2,2H3. The fraction of sp³-hybridized carbons (Fsp3) is 0.700. The van der Waals surface area contributed by atoms with Crippen LogP contribution in [-0.4, -0.2) is 37.0 Å². The van der Waals surface area contributed by atoms with Crippen LogP contribution in [-0.2, 0) is 9.53 Å². The summed E-state index contributed by atoms with van der Waals surface area (Å²) in [5.41, 5.74) is -0.859. The van der Waals surface area contributed by atoms with Crippen LogP contribution in [0.25, 0.3) is 0 Å². The second-order valence-corrected chi connectivity index (χ2v) is 4.29. The molecule has 0 aromatic carbocycles. The highest BCUT2D eigenvalue weighted by molar-refractivity contribution is 6.19. The van der Waals surface area contributed by atoms with Crippen molar-refractivity contribution in [2.45, 2.75) is 24.3 Å². The molecule has 1 saturated heterocycles. The van der Waals surface area contributed by atoms with Gasteiger partial charge in [0.1, 0.15) is 5.54 Å². The van der Waals surface area contributed by atoms with Gasteiger partial charge in [-0.3, -0.25) is 10.1 Å². The molecule has 6 heteroatoms. The number of esters is 1. The maximum atomic E-state index is 13.2. The summed E-state index contributed by atoms with van der Waals surface area (Å²) in [5.74, 6) is -3.47. The minimum atomic E-state index is -2.90. The number of halogens is 3. The topological polar surface area (TPSA) is 38.3 Å². The first kappa shape index (κ1) is 13.4. The monoisotopic (exact) mass is 253 g/mol. The Hall–Kier alpha value is -0.680. The SMILES string of the molecule is C=C(CCl)CC1(C(=O)OC)CC(F)(F)CN1. The number of hydrogen-bond acceptors (Lipinski definition) is 3. The van der Waals surface area contributed by atoms with Crippen LogP contribution in [0.2, 0.25) is 0 Å². The minimum Gasteiger partial charge on any atom is -0.468 e. The number of rotatable bonds is 4. The summed E-state index contributed by atoms with van der Waals surface area (Å²) in [7, 11) is 1.17. The van der Waals surface area contributed by atoms with E-state index in [1.165, 1.54) is 7.11 Å². The average Bonchev–Trinajstić information content (AvgIpc) is 2.54. The zero-order valence-electron chi connectivity index (χ0n) is 8.99. The molecule has 1 fully saturated rings. The molecular weight excluding hydrogens is 240 g/mol. The number of carbonyl (C=O) groups is 1. The van der Waals surface area contributed by atoms with Crippen molar-refractivity contribution >= 4 is 17.6 Å². The van der Waals surface area contributed by atoms with E-state index >= 15 is 0 Å². The fourth-order valence-corrected chi connectivity index (χ4v) is 1.97. The van der Waals surface area contributed by atoms with Crippen LogP contribution >= 0.6 is 11.6 Å². The molecule has 1 unspecified atom stereocenters. The quantitative estimate of drug-likeness (QED) is 0.471. The Kier molecular flexibility index (Phi) is 3.91. The molecule has 1 rings (SSSR count). The maximum Gasteiger partial charge on any atom is 0.326 e. The Bertz CT molecular complexity index is 309. The van der Waals surface area contributed by atoms with E-state index in [1.807, 2.05) is 0 Å². The number of hydrogen-bond donors (Lipinski definition) is 1. The summed E-state index contributed by atoms with van der Waals surface area (Å²) in [6.45, 7) is 3.09. The van der Waals surface area contributed by atoms with Crippen LogP contribution in [0.5, 0.6) is 0 Å². The Labute approximate surface area is 97.8 Å². The summed E-state index contributed by atoms with van der Waals surface area (Å²) in [6, 6.07) is 0. The van der Waals surface area contributed by atoms with Gasteiger partial charge in [-0.2, -0.15) is 0 Å². The van der Waals surface area contributed by atoms with Gasteiger partial charge in [-0.25, -0.2) is 8.78 Å². The van der Waals surface area contributed by atoms with Gasteiger partial charge in [-0.15, -0.1) is 11.6 Å². The first-order valence-electron chi connectivity index (χ1n) is 4.79. The van der Waals surface area contributed by atoms with Gasteiger partial charge in [0.25, 0.3) is 5.92 Å². The highest BCUT2D eigenvalue weighted by Gasteiger charge is 2.54. The molecule has 0 spiro atoms. The van der Waals surface area contributed by atoms with Crippen molar-refractivity contribution in [2.75, 3.05) is 19.5 Å². The third-order valence-corrected chi connectivity index (χ3v) is 2.94. The molecule has 0 bridgehead atoms. The van der Waals surface area contributed by atoms with E-state index in [0.29, 0.717) is 5.57 Å².